The van der Waals surface area contributed by atoms with Crippen LogP contribution in [0.25, 0.3) is 0 Å². The van der Waals surface area contributed by atoms with Crippen LogP contribution in [0.3, 0.4) is 0 Å². The number of fused-ring (bicyclic) bond motifs is 2. The normalized spacial score (nSPS) is 26.4. The van der Waals surface area contributed by atoms with Gasteiger partial charge in [-0.05, 0) is 44.2 Å². The van der Waals surface area contributed by atoms with Gasteiger partial charge in [-0.2, -0.15) is 0 Å². The van der Waals surface area contributed by atoms with Gasteiger partial charge in [0.05, 0.1) is 5.92 Å². The smallest absolute Gasteiger partial charge is 0.231 e. The van der Waals surface area contributed by atoms with Crippen LogP contribution in [0.5, 0.6) is 11.5 Å². The van der Waals surface area contributed by atoms with Crippen molar-refractivity contribution < 1.29 is 14.3 Å². The van der Waals surface area contributed by atoms with E-state index in [1.54, 1.807) is 0 Å². The van der Waals surface area contributed by atoms with Gasteiger partial charge in [0.25, 0.3) is 0 Å². The predicted octanol–water partition coefficient (Wildman–Crippen LogP) is 2.74. The number of ether oxygens (including phenoxy) is 2. The molecule has 7 nitrogen and oxygen atoms in total. The van der Waals surface area contributed by atoms with E-state index in [9.17, 15) is 4.79 Å². The van der Waals surface area contributed by atoms with Crippen LogP contribution in [-0.4, -0.2) is 47.5 Å². The first-order valence-corrected chi connectivity index (χ1v) is 10.6. The fourth-order valence-electron chi connectivity index (χ4n) is 5.40. The SMILES string of the molecule is CN1[C@@H](c2ccc(C(=N)N)cc2)[C@H]2C(=O)N(Cc3ccc4c(c3)OCO4)C[C@H]2C1(C)C. The Labute approximate surface area is 182 Å². The van der Waals surface area contributed by atoms with Gasteiger partial charge in [0, 0.05) is 36.2 Å². The van der Waals surface area contributed by atoms with Gasteiger partial charge in [-0.1, -0.05) is 30.3 Å². The number of likely N-dealkylation sites (tertiary alicyclic amines) is 2. The molecule has 2 saturated heterocycles. The molecule has 31 heavy (non-hydrogen) atoms. The molecule has 0 aliphatic carbocycles. The second-order valence-corrected chi connectivity index (χ2v) is 9.28. The van der Waals surface area contributed by atoms with Crippen molar-refractivity contribution in [2.75, 3.05) is 20.4 Å². The molecule has 3 aliphatic rings. The second kappa shape index (κ2) is 6.99. The lowest BCUT2D eigenvalue weighted by molar-refractivity contribution is -0.132. The third-order valence-electron chi connectivity index (χ3n) is 7.39. The Kier molecular flexibility index (Phi) is 4.48. The van der Waals surface area contributed by atoms with E-state index in [2.05, 4.69) is 25.8 Å². The zero-order chi connectivity index (χ0) is 21.9. The van der Waals surface area contributed by atoms with Crippen LogP contribution in [0, 0.1) is 17.2 Å². The molecule has 0 bridgehead atoms. The van der Waals surface area contributed by atoms with Gasteiger partial charge in [-0.15, -0.1) is 0 Å². The van der Waals surface area contributed by atoms with E-state index < -0.39 is 0 Å². The van der Waals surface area contributed by atoms with Crippen LogP contribution in [0.15, 0.2) is 42.5 Å². The maximum absolute atomic E-state index is 13.6. The molecule has 0 unspecified atom stereocenters. The van der Waals surface area contributed by atoms with Crippen molar-refractivity contribution in [2.24, 2.45) is 17.6 Å². The van der Waals surface area contributed by atoms with Gasteiger partial charge < -0.3 is 20.1 Å². The van der Waals surface area contributed by atoms with Gasteiger partial charge in [-0.25, -0.2) is 0 Å². The van der Waals surface area contributed by atoms with Crippen LogP contribution < -0.4 is 15.2 Å². The standard InChI is InChI=1S/C24H28N4O3/c1-24(2)17-12-28(11-14-4-9-18-19(10-14)31-13-30-18)23(29)20(17)21(27(24)3)15-5-7-16(8-6-15)22(25)26/h4-10,17,20-21H,11-13H2,1-3H3,(H3,25,26)/t17-,20+,21+/m1/s1. The fourth-order valence-corrected chi connectivity index (χ4v) is 5.40. The van der Waals surface area contributed by atoms with Crippen molar-refractivity contribution in [3.63, 3.8) is 0 Å². The van der Waals surface area contributed by atoms with E-state index in [-0.39, 0.29) is 42.0 Å². The summed E-state index contributed by atoms with van der Waals surface area (Å²) in [5, 5.41) is 7.64. The van der Waals surface area contributed by atoms with Gasteiger partial charge in [0.1, 0.15) is 5.84 Å². The number of amidine groups is 1. The monoisotopic (exact) mass is 420 g/mol. The third-order valence-corrected chi connectivity index (χ3v) is 7.39. The molecule has 0 saturated carbocycles. The molecule has 3 aliphatic heterocycles. The highest BCUT2D eigenvalue weighted by molar-refractivity contribution is 5.95. The van der Waals surface area contributed by atoms with Crippen molar-refractivity contribution in [3.05, 3.63) is 59.2 Å². The van der Waals surface area contributed by atoms with E-state index in [1.807, 2.05) is 47.4 Å². The van der Waals surface area contributed by atoms with E-state index in [0.717, 1.165) is 29.2 Å². The van der Waals surface area contributed by atoms with E-state index in [4.69, 9.17) is 20.6 Å². The van der Waals surface area contributed by atoms with Crippen molar-refractivity contribution >= 4 is 11.7 Å². The Balaban J connectivity index is 1.42. The molecule has 7 heteroatoms. The number of nitrogens with zero attached hydrogens (tertiary/aromatic N) is 2. The molecular formula is C24H28N4O3. The Morgan fingerprint density at radius 3 is 2.58 bits per heavy atom. The number of rotatable bonds is 4. The van der Waals surface area contributed by atoms with Gasteiger partial charge in [-0.3, -0.25) is 15.1 Å². The average molecular weight is 421 g/mol. The largest absolute Gasteiger partial charge is 0.454 e. The molecule has 2 aromatic carbocycles. The molecule has 0 aromatic heterocycles. The molecule has 3 heterocycles. The van der Waals surface area contributed by atoms with Crippen LogP contribution in [0.2, 0.25) is 0 Å². The number of nitrogens with one attached hydrogen (secondary N) is 1. The van der Waals surface area contributed by atoms with E-state index >= 15 is 0 Å². The fraction of sp³-hybridized carbons (Fsp3) is 0.417. The number of hydrogen-bond acceptors (Lipinski definition) is 5. The third kappa shape index (κ3) is 3.07. The highest BCUT2D eigenvalue weighted by atomic mass is 16.7. The number of hydrogen-bond donors (Lipinski definition) is 2. The van der Waals surface area contributed by atoms with Crippen molar-refractivity contribution in [2.45, 2.75) is 32.0 Å². The first kappa shape index (κ1) is 19.9. The minimum atomic E-state index is -0.117. The van der Waals surface area contributed by atoms with Crippen LogP contribution in [0.1, 0.15) is 36.6 Å². The highest BCUT2D eigenvalue weighted by Gasteiger charge is 2.60. The topological polar surface area (TPSA) is 91.9 Å². The number of carbonyl (C=O) groups is 1. The maximum atomic E-state index is 13.6. The number of nitrogen functional groups attached to an aromatic ring is 1. The quantitative estimate of drug-likeness (QED) is 0.586. The van der Waals surface area contributed by atoms with Crippen molar-refractivity contribution in [1.29, 1.82) is 5.41 Å². The summed E-state index contributed by atoms with van der Waals surface area (Å²) >= 11 is 0. The lowest BCUT2D eigenvalue weighted by atomic mass is 9.82. The lowest BCUT2D eigenvalue weighted by Gasteiger charge is -2.36. The van der Waals surface area contributed by atoms with Crippen LogP contribution in [0.4, 0.5) is 0 Å². The zero-order valence-corrected chi connectivity index (χ0v) is 18.1. The van der Waals surface area contributed by atoms with Crippen molar-refractivity contribution in [1.82, 2.24) is 9.80 Å². The summed E-state index contributed by atoms with van der Waals surface area (Å²) in [6, 6.07) is 13.6. The molecule has 1 amide bonds. The summed E-state index contributed by atoms with van der Waals surface area (Å²) in [4.78, 5) is 17.9. The predicted molar refractivity (Wildman–Crippen MR) is 117 cm³/mol. The summed E-state index contributed by atoms with van der Waals surface area (Å²) in [5.74, 6) is 1.88. The Hall–Kier alpha value is -3.06. The van der Waals surface area contributed by atoms with Crippen molar-refractivity contribution in [3.8, 4) is 11.5 Å². The number of nitrogens with two attached hydrogens (primary N) is 1. The summed E-state index contributed by atoms with van der Waals surface area (Å²) in [5.41, 5.74) is 8.33. The molecule has 0 spiro atoms. The van der Waals surface area contributed by atoms with Crippen LogP contribution in [-0.2, 0) is 11.3 Å². The maximum Gasteiger partial charge on any atom is 0.231 e. The van der Waals surface area contributed by atoms with E-state index in [1.165, 1.54) is 0 Å². The minimum Gasteiger partial charge on any atom is -0.454 e. The highest BCUT2D eigenvalue weighted by Crippen LogP contribution is 2.53. The minimum absolute atomic E-state index is 0.00439. The molecule has 2 aromatic rings. The van der Waals surface area contributed by atoms with Crippen LogP contribution >= 0.6 is 0 Å². The first-order chi connectivity index (χ1) is 14.8. The first-order valence-electron chi connectivity index (χ1n) is 10.6. The van der Waals surface area contributed by atoms with Gasteiger partial charge >= 0.3 is 0 Å². The van der Waals surface area contributed by atoms with Gasteiger partial charge in [0.15, 0.2) is 11.5 Å². The molecule has 0 radical (unpaired) electrons. The number of carbonyl (C=O) groups excluding carboxylic acids is 1. The summed E-state index contributed by atoms with van der Waals surface area (Å²) in [6.45, 7) is 6.00. The summed E-state index contributed by atoms with van der Waals surface area (Å²) in [7, 11) is 2.11. The average Bonchev–Trinajstić information content (AvgIpc) is 3.38. The Morgan fingerprint density at radius 1 is 1.16 bits per heavy atom. The Bertz CT molecular complexity index is 1050. The Morgan fingerprint density at radius 2 is 1.87 bits per heavy atom. The van der Waals surface area contributed by atoms with Gasteiger partial charge in [0.2, 0.25) is 12.7 Å². The molecule has 2 fully saturated rings. The number of amides is 1. The van der Waals surface area contributed by atoms with E-state index in [0.29, 0.717) is 12.1 Å². The molecular weight excluding hydrogens is 392 g/mol. The summed E-state index contributed by atoms with van der Waals surface area (Å²) < 4.78 is 10.9. The second-order valence-electron chi connectivity index (χ2n) is 9.28. The molecule has 3 atom stereocenters. The zero-order valence-electron chi connectivity index (χ0n) is 18.1. The summed E-state index contributed by atoms with van der Waals surface area (Å²) in [6.07, 6.45) is 0. The lowest BCUT2D eigenvalue weighted by Crippen LogP contribution is -2.43. The molecule has 162 valence electrons. The molecule has 5 rings (SSSR count). The number of benzene rings is 2. The molecule has 3 N–H and O–H groups in total.